The van der Waals surface area contributed by atoms with Gasteiger partial charge in [0.2, 0.25) is 5.91 Å². The summed E-state index contributed by atoms with van der Waals surface area (Å²) in [4.78, 5) is 11.6. The first-order valence-corrected chi connectivity index (χ1v) is 7.21. The topological polar surface area (TPSA) is 64.9 Å². The molecule has 1 amide bonds. The van der Waals surface area contributed by atoms with Crippen molar-refractivity contribution in [3.05, 3.63) is 35.9 Å². The summed E-state index contributed by atoms with van der Waals surface area (Å²) in [6.07, 6.45) is 3.79. The lowest BCUT2D eigenvalue weighted by atomic mass is 9.62. The first-order chi connectivity index (χ1) is 9.72. The molecule has 2 saturated carbocycles. The quantitative estimate of drug-likeness (QED) is 0.851. The van der Waals surface area contributed by atoms with Crippen molar-refractivity contribution in [2.75, 3.05) is 6.54 Å². The fraction of sp³-hybridized carbons (Fsp3) is 0.500. The number of carbonyl (C=O) groups excluding carboxylic acids is 1. The van der Waals surface area contributed by atoms with Gasteiger partial charge in [-0.1, -0.05) is 30.3 Å². The number of carbonyl (C=O) groups is 1. The van der Waals surface area contributed by atoms with E-state index in [9.17, 15) is 10.1 Å². The van der Waals surface area contributed by atoms with Gasteiger partial charge in [0.05, 0.1) is 18.0 Å². The van der Waals surface area contributed by atoms with Crippen molar-refractivity contribution < 1.29 is 4.79 Å². The number of nitriles is 1. The largest absolute Gasteiger partial charge is 0.352 e. The Hall–Kier alpha value is -1.86. The third kappa shape index (κ3) is 2.68. The Bertz CT molecular complexity index is 524. The van der Waals surface area contributed by atoms with Crippen molar-refractivity contribution in [3.8, 4) is 6.07 Å². The van der Waals surface area contributed by atoms with Gasteiger partial charge >= 0.3 is 0 Å². The summed E-state index contributed by atoms with van der Waals surface area (Å²) in [5.41, 5.74) is 0.717. The van der Waals surface area contributed by atoms with Crippen LogP contribution in [0.4, 0.5) is 0 Å². The summed E-state index contributed by atoms with van der Waals surface area (Å²) in [6, 6.07) is 13.1. The second-order valence-electron chi connectivity index (χ2n) is 5.89. The third-order valence-electron chi connectivity index (χ3n) is 4.22. The van der Waals surface area contributed by atoms with Gasteiger partial charge in [0.25, 0.3) is 0 Å². The van der Waals surface area contributed by atoms with Crippen molar-refractivity contribution in [2.45, 2.75) is 43.2 Å². The van der Waals surface area contributed by atoms with Gasteiger partial charge < -0.3 is 10.6 Å². The second kappa shape index (κ2) is 5.26. The van der Waals surface area contributed by atoms with E-state index >= 15 is 0 Å². The molecule has 0 unspecified atom stereocenters. The van der Waals surface area contributed by atoms with Crippen LogP contribution in [0.2, 0.25) is 0 Å². The number of rotatable bonds is 5. The van der Waals surface area contributed by atoms with Gasteiger partial charge in [-0.2, -0.15) is 5.26 Å². The van der Waals surface area contributed by atoms with Crippen molar-refractivity contribution in [2.24, 2.45) is 0 Å². The van der Waals surface area contributed by atoms with Gasteiger partial charge in [-0.3, -0.25) is 4.79 Å². The molecule has 0 saturated heterocycles. The number of nitrogens with one attached hydrogen (secondary N) is 2. The van der Waals surface area contributed by atoms with E-state index in [0.29, 0.717) is 12.6 Å². The molecule has 4 nitrogen and oxygen atoms in total. The Morgan fingerprint density at radius 1 is 1.25 bits per heavy atom. The first kappa shape index (κ1) is 13.1. The number of benzene rings is 1. The monoisotopic (exact) mass is 269 g/mol. The summed E-state index contributed by atoms with van der Waals surface area (Å²) in [7, 11) is 0. The van der Waals surface area contributed by atoms with E-state index in [1.807, 2.05) is 30.3 Å². The van der Waals surface area contributed by atoms with Crippen LogP contribution in [0.3, 0.4) is 0 Å². The second-order valence-corrected chi connectivity index (χ2v) is 5.89. The Kier molecular flexibility index (Phi) is 3.45. The van der Waals surface area contributed by atoms with E-state index < -0.39 is 0 Å². The number of hydrogen-bond acceptors (Lipinski definition) is 3. The predicted molar refractivity (Wildman–Crippen MR) is 75.9 cm³/mol. The number of amides is 1. The van der Waals surface area contributed by atoms with E-state index in [1.165, 1.54) is 0 Å². The summed E-state index contributed by atoms with van der Waals surface area (Å²) in [6.45, 7) is 0.359. The molecule has 1 aromatic rings. The van der Waals surface area contributed by atoms with Crippen LogP contribution in [-0.4, -0.2) is 24.5 Å². The van der Waals surface area contributed by atoms with Crippen LogP contribution < -0.4 is 10.6 Å². The van der Waals surface area contributed by atoms with Crippen LogP contribution in [-0.2, 0) is 10.2 Å². The van der Waals surface area contributed by atoms with Crippen LogP contribution in [0.25, 0.3) is 0 Å². The van der Waals surface area contributed by atoms with E-state index in [1.54, 1.807) is 0 Å². The maximum absolute atomic E-state index is 11.6. The lowest BCUT2D eigenvalue weighted by molar-refractivity contribution is -0.120. The van der Waals surface area contributed by atoms with Crippen LogP contribution in [0, 0.1) is 11.3 Å². The Morgan fingerprint density at radius 3 is 2.55 bits per heavy atom. The zero-order valence-electron chi connectivity index (χ0n) is 11.4. The summed E-state index contributed by atoms with van der Waals surface area (Å²) >= 11 is 0. The smallest absolute Gasteiger partial charge is 0.234 e. The van der Waals surface area contributed by atoms with Crippen LogP contribution in [0.15, 0.2) is 30.3 Å². The van der Waals surface area contributed by atoms with Gasteiger partial charge in [0.1, 0.15) is 0 Å². The lowest BCUT2D eigenvalue weighted by Crippen LogP contribution is -2.53. The highest BCUT2D eigenvalue weighted by molar-refractivity contribution is 5.78. The van der Waals surface area contributed by atoms with Crippen molar-refractivity contribution >= 4 is 5.91 Å². The molecule has 1 aromatic carbocycles. The molecule has 2 aliphatic rings. The highest BCUT2D eigenvalue weighted by atomic mass is 16.2. The molecule has 0 bridgehead atoms. The molecule has 4 heteroatoms. The summed E-state index contributed by atoms with van der Waals surface area (Å²) in [5.74, 6) is 0.0710. The number of nitrogens with zero attached hydrogens (tertiary/aromatic N) is 1. The highest BCUT2D eigenvalue weighted by Gasteiger charge is 2.45. The van der Waals surface area contributed by atoms with Gasteiger partial charge in [-0.05, 0) is 31.2 Å². The minimum absolute atomic E-state index is 0.0710. The average Bonchev–Trinajstić information content (AvgIpc) is 3.23. The van der Waals surface area contributed by atoms with E-state index in [2.05, 4.69) is 16.7 Å². The molecule has 0 spiro atoms. The van der Waals surface area contributed by atoms with Crippen LogP contribution in [0.1, 0.15) is 31.2 Å². The molecule has 0 aliphatic heterocycles. The average molecular weight is 269 g/mol. The van der Waals surface area contributed by atoms with E-state index in [0.717, 1.165) is 31.2 Å². The molecular weight excluding hydrogens is 250 g/mol. The van der Waals surface area contributed by atoms with Crippen molar-refractivity contribution in [1.82, 2.24) is 10.6 Å². The fourth-order valence-corrected chi connectivity index (χ4v) is 2.82. The molecule has 2 fully saturated rings. The molecule has 0 radical (unpaired) electrons. The molecular formula is C16H19N3O. The van der Waals surface area contributed by atoms with E-state index in [-0.39, 0.29) is 17.4 Å². The maximum Gasteiger partial charge on any atom is 0.234 e. The first-order valence-electron chi connectivity index (χ1n) is 7.21. The molecule has 20 heavy (non-hydrogen) atoms. The van der Waals surface area contributed by atoms with Gasteiger partial charge in [-0.15, -0.1) is 0 Å². The fourth-order valence-electron chi connectivity index (χ4n) is 2.82. The molecule has 2 N–H and O–H groups in total. The zero-order chi connectivity index (χ0) is 14.0. The van der Waals surface area contributed by atoms with Gasteiger partial charge in [0, 0.05) is 12.1 Å². The minimum Gasteiger partial charge on any atom is -0.352 e. The maximum atomic E-state index is 11.6. The molecule has 3 rings (SSSR count). The Morgan fingerprint density at radius 2 is 1.95 bits per heavy atom. The lowest BCUT2D eigenvalue weighted by Gasteiger charge is -2.43. The van der Waals surface area contributed by atoms with Crippen molar-refractivity contribution in [1.29, 1.82) is 5.26 Å². The number of hydrogen-bond donors (Lipinski definition) is 2. The summed E-state index contributed by atoms with van der Waals surface area (Å²) in [5, 5.41) is 15.7. The molecule has 0 heterocycles. The molecule has 2 aliphatic carbocycles. The molecule has 0 aromatic heterocycles. The highest BCUT2D eigenvalue weighted by Crippen LogP contribution is 2.43. The summed E-state index contributed by atoms with van der Waals surface area (Å²) < 4.78 is 0. The van der Waals surface area contributed by atoms with Gasteiger partial charge in [-0.25, -0.2) is 0 Å². The van der Waals surface area contributed by atoms with Crippen molar-refractivity contribution in [3.63, 3.8) is 0 Å². The van der Waals surface area contributed by atoms with Gasteiger partial charge in [0.15, 0.2) is 0 Å². The predicted octanol–water partition coefficient (Wildman–Crippen LogP) is 1.48. The van der Waals surface area contributed by atoms with Crippen LogP contribution in [0.5, 0.6) is 0 Å². The minimum atomic E-state index is -0.369. The molecule has 0 atom stereocenters. The van der Waals surface area contributed by atoms with E-state index in [4.69, 9.17) is 0 Å². The Labute approximate surface area is 119 Å². The van der Waals surface area contributed by atoms with Crippen LogP contribution >= 0.6 is 0 Å². The third-order valence-corrected chi connectivity index (χ3v) is 4.22. The SMILES string of the molecule is N#CC1(c2ccccc2)CC(NCC(=O)NC2CC2)C1. The Balaban J connectivity index is 1.49. The normalized spacial score (nSPS) is 28.2. The standard InChI is InChI=1S/C16H19N3O/c17-11-16(12-4-2-1-3-5-12)8-14(9-16)18-10-15(20)19-13-6-7-13/h1-5,13-14,18H,6-10H2,(H,19,20). The zero-order valence-corrected chi connectivity index (χ0v) is 11.4. The molecule has 104 valence electrons.